The standard InChI is InChI=1S/C29H31ClF2N8O/c1-15-7-21-19(10-34-38-21)22(23(15)30)26-24(32)25-20(9-33-26)27(39-12-17-3-4-18(13-39)35-17)37-28(36-25)41-14-29-5-2-6-40(29)11-16(31)8-29/h7,9-10,16-18,35H,2-6,8,11-14H2,1H3,(H,34,38)/t16-,17?,18?,29?/m1/s1. The highest BCUT2D eigenvalue weighted by atomic mass is 35.5. The summed E-state index contributed by atoms with van der Waals surface area (Å²) in [5.74, 6) is 0.0233. The summed E-state index contributed by atoms with van der Waals surface area (Å²) in [4.78, 5) is 18.4. The molecule has 2 bridgehead atoms. The van der Waals surface area contributed by atoms with Crippen LogP contribution in [0.3, 0.4) is 0 Å². The first-order valence-corrected chi connectivity index (χ1v) is 14.8. The van der Waals surface area contributed by atoms with Crippen molar-refractivity contribution in [3.63, 3.8) is 0 Å². The minimum atomic E-state index is -0.867. The van der Waals surface area contributed by atoms with E-state index in [9.17, 15) is 4.39 Å². The lowest BCUT2D eigenvalue weighted by Gasteiger charge is -2.34. The second-order valence-corrected chi connectivity index (χ2v) is 12.5. The van der Waals surface area contributed by atoms with Crippen molar-refractivity contribution in [1.29, 1.82) is 0 Å². The van der Waals surface area contributed by atoms with Crippen molar-refractivity contribution in [1.82, 2.24) is 35.4 Å². The number of fused-ring (bicyclic) bond motifs is 5. The number of pyridine rings is 1. The summed E-state index contributed by atoms with van der Waals surface area (Å²) < 4.78 is 37.3. The lowest BCUT2D eigenvalue weighted by atomic mass is 9.95. The summed E-state index contributed by atoms with van der Waals surface area (Å²) >= 11 is 6.74. The van der Waals surface area contributed by atoms with E-state index in [1.165, 1.54) is 0 Å². The maximum absolute atomic E-state index is 16.6. The number of ether oxygens (including phenoxy) is 1. The minimum Gasteiger partial charge on any atom is -0.461 e. The zero-order chi connectivity index (χ0) is 27.9. The molecule has 1 aromatic carbocycles. The average Bonchev–Trinajstić information content (AvgIpc) is 3.72. The molecule has 0 amide bonds. The first kappa shape index (κ1) is 25.6. The molecule has 3 aromatic heterocycles. The van der Waals surface area contributed by atoms with Crippen molar-refractivity contribution >= 4 is 39.2 Å². The normalized spacial score (nSPS) is 27.8. The maximum Gasteiger partial charge on any atom is 0.319 e. The van der Waals surface area contributed by atoms with E-state index in [0.29, 0.717) is 52.2 Å². The molecule has 0 saturated carbocycles. The molecule has 4 aliphatic rings. The summed E-state index contributed by atoms with van der Waals surface area (Å²) in [6.07, 6.45) is 6.90. The Morgan fingerprint density at radius 3 is 2.80 bits per heavy atom. The van der Waals surface area contributed by atoms with E-state index < -0.39 is 12.0 Å². The third kappa shape index (κ3) is 4.07. The molecule has 4 fully saturated rings. The van der Waals surface area contributed by atoms with Crippen LogP contribution in [-0.4, -0.2) is 86.6 Å². The Morgan fingerprint density at radius 2 is 1.98 bits per heavy atom. The molecule has 4 aromatic rings. The number of nitrogens with zero attached hydrogens (tertiary/aromatic N) is 6. The Morgan fingerprint density at radius 1 is 1.15 bits per heavy atom. The van der Waals surface area contributed by atoms with Gasteiger partial charge >= 0.3 is 6.01 Å². The van der Waals surface area contributed by atoms with Gasteiger partial charge in [0.15, 0.2) is 5.82 Å². The van der Waals surface area contributed by atoms with Crippen LogP contribution < -0.4 is 15.0 Å². The summed E-state index contributed by atoms with van der Waals surface area (Å²) in [7, 11) is 0. The molecule has 41 heavy (non-hydrogen) atoms. The number of hydrogen-bond donors (Lipinski definition) is 2. The van der Waals surface area contributed by atoms with E-state index in [4.69, 9.17) is 21.3 Å². The molecular formula is C29H31ClF2N8O. The zero-order valence-corrected chi connectivity index (χ0v) is 23.5. The van der Waals surface area contributed by atoms with Crippen LogP contribution in [-0.2, 0) is 0 Å². The molecule has 2 N–H and O–H groups in total. The van der Waals surface area contributed by atoms with Crippen LogP contribution in [0.15, 0.2) is 18.5 Å². The van der Waals surface area contributed by atoms with E-state index in [2.05, 4.69) is 35.3 Å². The number of nitrogens with one attached hydrogen (secondary N) is 2. The number of halogens is 3. The number of piperazine rings is 1. The number of anilines is 1. The molecule has 4 aliphatic heterocycles. The minimum absolute atomic E-state index is 0.0989. The topological polar surface area (TPSA) is 95.1 Å². The quantitative estimate of drug-likeness (QED) is 0.355. The Labute approximate surface area is 240 Å². The van der Waals surface area contributed by atoms with Crippen LogP contribution in [0.1, 0.15) is 37.7 Å². The van der Waals surface area contributed by atoms with Crippen molar-refractivity contribution in [3.8, 4) is 17.3 Å². The molecule has 3 unspecified atom stereocenters. The number of aromatic nitrogens is 5. The molecule has 7 heterocycles. The number of alkyl halides is 1. The third-order valence-electron chi connectivity index (χ3n) is 9.49. The van der Waals surface area contributed by atoms with E-state index in [-0.39, 0.29) is 29.4 Å². The van der Waals surface area contributed by atoms with Crippen molar-refractivity contribution in [2.24, 2.45) is 0 Å². The smallest absolute Gasteiger partial charge is 0.319 e. The SMILES string of the molecule is Cc1cc2[nH]ncc2c(-c2ncc3c(N4CC5CCC(C4)N5)nc(OCC45CCCN4C[C@H](F)C5)nc3c2F)c1Cl. The van der Waals surface area contributed by atoms with Crippen LogP contribution in [0.25, 0.3) is 33.1 Å². The Hall–Kier alpha value is -3.15. The van der Waals surface area contributed by atoms with Crippen LogP contribution in [0.5, 0.6) is 6.01 Å². The lowest BCUT2D eigenvalue weighted by Crippen LogP contribution is -2.51. The third-order valence-corrected chi connectivity index (χ3v) is 9.98. The number of aryl methyl sites for hydroxylation is 1. The summed E-state index contributed by atoms with van der Waals surface area (Å²) in [5.41, 5.74) is 1.87. The van der Waals surface area contributed by atoms with E-state index in [1.807, 2.05) is 13.0 Å². The van der Waals surface area contributed by atoms with Crippen molar-refractivity contribution in [2.45, 2.75) is 62.8 Å². The maximum atomic E-state index is 16.6. The molecule has 214 valence electrons. The molecule has 0 radical (unpaired) electrons. The lowest BCUT2D eigenvalue weighted by molar-refractivity contribution is 0.107. The van der Waals surface area contributed by atoms with Crippen LogP contribution in [0, 0.1) is 12.7 Å². The first-order valence-electron chi connectivity index (χ1n) is 14.4. The van der Waals surface area contributed by atoms with Gasteiger partial charge in [0.1, 0.15) is 29.8 Å². The fraction of sp³-hybridized carbons (Fsp3) is 0.517. The first-order chi connectivity index (χ1) is 19.9. The van der Waals surface area contributed by atoms with Crippen molar-refractivity contribution in [2.75, 3.05) is 37.7 Å². The van der Waals surface area contributed by atoms with Crippen molar-refractivity contribution in [3.05, 3.63) is 34.9 Å². The predicted octanol–water partition coefficient (Wildman–Crippen LogP) is 4.56. The van der Waals surface area contributed by atoms with Gasteiger partial charge in [-0.05, 0) is 50.8 Å². The van der Waals surface area contributed by atoms with Crippen molar-refractivity contribution < 1.29 is 13.5 Å². The highest BCUT2D eigenvalue weighted by molar-refractivity contribution is 6.35. The monoisotopic (exact) mass is 580 g/mol. The van der Waals surface area contributed by atoms with Gasteiger partial charge < -0.3 is 15.0 Å². The van der Waals surface area contributed by atoms with E-state index in [0.717, 1.165) is 56.4 Å². The highest BCUT2D eigenvalue weighted by Crippen LogP contribution is 2.42. The molecule has 12 heteroatoms. The van der Waals surface area contributed by atoms with Gasteiger partial charge in [0.05, 0.1) is 27.7 Å². The highest BCUT2D eigenvalue weighted by Gasteiger charge is 2.49. The second kappa shape index (κ2) is 9.43. The van der Waals surface area contributed by atoms with Gasteiger partial charge in [0.25, 0.3) is 0 Å². The Balaban J connectivity index is 1.25. The molecule has 4 saturated heterocycles. The zero-order valence-electron chi connectivity index (χ0n) is 22.8. The van der Waals surface area contributed by atoms with E-state index >= 15 is 4.39 Å². The number of aromatic amines is 1. The predicted molar refractivity (Wildman–Crippen MR) is 153 cm³/mol. The molecule has 0 spiro atoms. The van der Waals surface area contributed by atoms with Gasteiger partial charge in [-0.1, -0.05) is 11.6 Å². The molecule has 9 nitrogen and oxygen atoms in total. The van der Waals surface area contributed by atoms with Gasteiger partial charge in [-0.15, -0.1) is 0 Å². The fourth-order valence-electron chi connectivity index (χ4n) is 7.55. The second-order valence-electron chi connectivity index (χ2n) is 12.1. The summed E-state index contributed by atoms with van der Waals surface area (Å²) in [5, 5.41) is 12.3. The summed E-state index contributed by atoms with van der Waals surface area (Å²) in [6, 6.07) is 2.69. The van der Waals surface area contributed by atoms with Crippen LogP contribution in [0.4, 0.5) is 14.6 Å². The van der Waals surface area contributed by atoms with Crippen LogP contribution in [0.2, 0.25) is 5.02 Å². The van der Waals surface area contributed by atoms with Gasteiger partial charge in [0, 0.05) is 55.3 Å². The van der Waals surface area contributed by atoms with E-state index in [1.54, 1.807) is 12.4 Å². The molecule has 0 aliphatic carbocycles. The molecular weight excluding hydrogens is 550 g/mol. The van der Waals surface area contributed by atoms with Crippen LogP contribution >= 0.6 is 11.6 Å². The van der Waals surface area contributed by atoms with Gasteiger partial charge in [-0.25, -0.2) is 8.78 Å². The van der Waals surface area contributed by atoms with Gasteiger partial charge in [-0.2, -0.15) is 15.1 Å². The fourth-order valence-corrected chi connectivity index (χ4v) is 7.80. The summed E-state index contributed by atoms with van der Waals surface area (Å²) in [6.45, 7) is 4.94. The number of H-pyrrole nitrogens is 1. The Kier molecular flexibility index (Phi) is 5.88. The largest absolute Gasteiger partial charge is 0.461 e. The van der Waals surface area contributed by atoms with Gasteiger partial charge in [-0.3, -0.25) is 15.0 Å². The number of benzene rings is 1. The average molecular weight is 581 g/mol. The number of rotatable bonds is 5. The molecule has 4 atom stereocenters. The number of hydrogen-bond acceptors (Lipinski definition) is 8. The molecule has 8 rings (SSSR count). The Bertz CT molecular complexity index is 1670. The van der Waals surface area contributed by atoms with Gasteiger partial charge in [0.2, 0.25) is 0 Å².